The molecule has 1 aliphatic rings. The Balaban J connectivity index is 2.60. The maximum absolute atomic E-state index is 13.3. The van der Waals surface area contributed by atoms with Crippen LogP contribution in [-0.2, 0) is 11.0 Å². The lowest BCUT2D eigenvalue weighted by atomic mass is 9.89. The van der Waals surface area contributed by atoms with Gasteiger partial charge in [-0.15, -0.1) is 11.8 Å². The van der Waals surface area contributed by atoms with Gasteiger partial charge in [-0.05, 0) is 19.1 Å². The van der Waals surface area contributed by atoms with Crippen LogP contribution in [-0.4, -0.2) is 22.1 Å². The SMILES string of the molecule is CC1(Sc2c(C=O)cc(Cl)cc2C(F)(F)F)C=CC=CC1C(=O)O. The van der Waals surface area contributed by atoms with Gasteiger partial charge in [0.25, 0.3) is 0 Å². The molecule has 24 heavy (non-hydrogen) atoms. The van der Waals surface area contributed by atoms with E-state index in [1.165, 1.54) is 25.2 Å². The molecule has 128 valence electrons. The molecule has 2 atom stereocenters. The lowest BCUT2D eigenvalue weighted by Crippen LogP contribution is -2.35. The van der Waals surface area contributed by atoms with Gasteiger partial charge in [0, 0.05) is 15.5 Å². The zero-order chi connectivity index (χ0) is 18.1. The first-order valence-corrected chi connectivity index (χ1v) is 7.91. The second kappa shape index (κ2) is 6.64. The van der Waals surface area contributed by atoms with E-state index in [9.17, 15) is 27.9 Å². The van der Waals surface area contributed by atoms with Gasteiger partial charge in [0.1, 0.15) is 0 Å². The summed E-state index contributed by atoms with van der Waals surface area (Å²) in [6, 6.07) is 1.87. The molecule has 0 bridgehead atoms. The molecular weight excluding hydrogens is 365 g/mol. The van der Waals surface area contributed by atoms with Gasteiger partial charge in [-0.2, -0.15) is 13.2 Å². The summed E-state index contributed by atoms with van der Waals surface area (Å²) < 4.78 is 38.8. The summed E-state index contributed by atoms with van der Waals surface area (Å²) >= 11 is 6.36. The van der Waals surface area contributed by atoms with Crippen LogP contribution < -0.4 is 0 Å². The number of aliphatic carboxylic acids is 1. The van der Waals surface area contributed by atoms with Crippen molar-refractivity contribution in [3.8, 4) is 0 Å². The standard InChI is InChI=1S/C16H12ClF3O3S/c1-15(5-3-2-4-11(15)14(22)23)24-13-9(8-21)6-10(17)7-12(13)16(18,19)20/h2-8,11H,1H3,(H,22,23). The number of carbonyl (C=O) groups is 2. The molecule has 1 aromatic rings. The molecule has 0 spiro atoms. The first-order valence-electron chi connectivity index (χ1n) is 6.72. The molecule has 3 nitrogen and oxygen atoms in total. The van der Waals surface area contributed by atoms with Gasteiger partial charge in [-0.25, -0.2) is 0 Å². The fraction of sp³-hybridized carbons (Fsp3) is 0.250. The maximum Gasteiger partial charge on any atom is 0.417 e. The highest BCUT2D eigenvalue weighted by Crippen LogP contribution is 2.48. The van der Waals surface area contributed by atoms with Crippen LogP contribution in [0.1, 0.15) is 22.8 Å². The summed E-state index contributed by atoms with van der Waals surface area (Å²) in [4.78, 5) is 22.3. The third-order valence-corrected chi connectivity index (χ3v) is 5.27. The summed E-state index contributed by atoms with van der Waals surface area (Å²) in [5, 5.41) is 9.13. The van der Waals surface area contributed by atoms with Crippen molar-refractivity contribution < 1.29 is 27.9 Å². The number of hydrogen-bond acceptors (Lipinski definition) is 3. The molecule has 0 aromatic heterocycles. The predicted molar refractivity (Wildman–Crippen MR) is 85.5 cm³/mol. The summed E-state index contributed by atoms with van der Waals surface area (Å²) in [7, 11) is 0. The van der Waals surface area contributed by atoms with E-state index in [1.54, 1.807) is 6.08 Å². The number of carbonyl (C=O) groups excluding carboxylic acids is 1. The largest absolute Gasteiger partial charge is 0.481 e. The minimum Gasteiger partial charge on any atom is -0.481 e. The second-order valence-electron chi connectivity index (χ2n) is 5.33. The topological polar surface area (TPSA) is 54.4 Å². The number of alkyl halides is 3. The summed E-state index contributed by atoms with van der Waals surface area (Å²) in [6.07, 6.45) is 1.56. The van der Waals surface area contributed by atoms with Gasteiger partial charge in [0.15, 0.2) is 6.29 Å². The van der Waals surface area contributed by atoms with E-state index in [2.05, 4.69) is 0 Å². The Morgan fingerprint density at radius 1 is 1.38 bits per heavy atom. The van der Waals surface area contributed by atoms with Crippen molar-refractivity contribution in [2.45, 2.75) is 22.7 Å². The van der Waals surface area contributed by atoms with Crippen molar-refractivity contribution in [2.75, 3.05) is 0 Å². The molecule has 8 heteroatoms. The minimum absolute atomic E-state index is 0.215. The zero-order valence-electron chi connectivity index (χ0n) is 12.3. The molecule has 0 amide bonds. The summed E-state index contributed by atoms with van der Waals surface area (Å²) in [5.41, 5.74) is -1.29. The number of rotatable bonds is 4. The molecule has 0 radical (unpaired) electrons. The Bertz CT molecular complexity index is 743. The fourth-order valence-electron chi connectivity index (χ4n) is 2.39. The molecule has 0 saturated heterocycles. The number of halogens is 4. The van der Waals surface area contributed by atoms with Crippen LogP contribution in [0.3, 0.4) is 0 Å². The van der Waals surface area contributed by atoms with Crippen molar-refractivity contribution in [1.82, 2.24) is 0 Å². The lowest BCUT2D eigenvalue weighted by molar-refractivity contribution is -0.140. The quantitative estimate of drug-likeness (QED) is 0.763. The zero-order valence-corrected chi connectivity index (χ0v) is 13.9. The first-order chi connectivity index (χ1) is 11.1. The Kier molecular flexibility index (Phi) is 5.15. The second-order valence-corrected chi connectivity index (χ2v) is 7.26. The number of carboxylic acid groups (broad SMARTS) is 1. The van der Waals surface area contributed by atoms with E-state index < -0.39 is 28.4 Å². The van der Waals surface area contributed by atoms with Crippen LogP contribution in [0.25, 0.3) is 0 Å². The van der Waals surface area contributed by atoms with Gasteiger partial charge in [0.2, 0.25) is 0 Å². The Morgan fingerprint density at radius 2 is 2.04 bits per heavy atom. The highest BCUT2D eigenvalue weighted by atomic mass is 35.5. The van der Waals surface area contributed by atoms with E-state index in [-0.39, 0.29) is 21.8 Å². The molecular formula is C16H12ClF3O3S. The van der Waals surface area contributed by atoms with Crippen molar-refractivity contribution in [2.24, 2.45) is 5.92 Å². The third-order valence-electron chi connectivity index (χ3n) is 3.56. The van der Waals surface area contributed by atoms with Gasteiger partial charge < -0.3 is 5.11 Å². The van der Waals surface area contributed by atoms with Gasteiger partial charge in [-0.1, -0.05) is 35.9 Å². The van der Waals surface area contributed by atoms with Crippen LogP contribution in [0.15, 0.2) is 41.3 Å². The van der Waals surface area contributed by atoms with Crippen molar-refractivity contribution in [1.29, 1.82) is 0 Å². The van der Waals surface area contributed by atoms with Crippen molar-refractivity contribution in [3.63, 3.8) is 0 Å². The van der Waals surface area contributed by atoms with Crippen LogP contribution in [0.4, 0.5) is 13.2 Å². The molecule has 0 heterocycles. The van der Waals surface area contributed by atoms with E-state index in [4.69, 9.17) is 11.6 Å². The van der Waals surface area contributed by atoms with Crippen molar-refractivity contribution in [3.05, 3.63) is 52.6 Å². The average Bonchev–Trinajstić information content (AvgIpc) is 2.47. The highest BCUT2D eigenvalue weighted by molar-refractivity contribution is 8.01. The number of aldehydes is 1. The molecule has 1 N–H and O–H groups in total. The fourth-order valence-corrected chi connectivity index (χ4v) is 4.02. The molecule has 0 fully saturated rings. The van der Waals surface area contributed by atoms with E-state index in [0.29, 0.717) is 11.8 Å². The monoisotopic (exact) mass is 376 g/mol. The maximum atomic E-state index is 13.3. The number of benzene rings is 1. The summed E-state index contributed by atoms with van der Waals surface area (Å²) in [6.45, 7) is 1.51. The molecule has 1 aromatic carbocycles. The minimum atomic E-state index is -4.73. The molecule has 1 aliphatic carbocycles. The number of carboxylic acids is 1. The van der Waals surface area contributed by atoms with E-state index >= 15 is 0 Å². The first kappa shape index (κ1) is 18.6. The summed E-state index contributed by atoms with van der Waals surface area (Å²) in [5.74, 6) is -2.20. The lowest BCUT2D eigenvalue weighted by Gasteiger charge is -2.33. The average molecular weight is 377 g/mol. The van der Waals surface area contributed by atoms with Crippen LogP contribution >= 0.6 is 23.4 Å². The van der Waals surface area contributed by atoms with Crippen LogP contribution in [0, 0.1) is 5.92 Å². The van der Waals surface area contributed by atoms with Gasteiger partial charge in [0.05, 0.1) is 16.2 Å². The van der Waals surface area contributed by atoms with E-state index in [0.717, 1.165) is 12.1 Å². The van der Waals surface area contributed by atoms with Crippen LogP contribution in [0.5, 0.6) is 0 Å². The van der Waals surface area contributed by atoms with Gasteiger partial charge >= 0.3 is 12.1 Å². The predicted octanol–water partition coefficient (Wildman–Crippen LogP) is 4.85. The smallest absolute Gasteiger partial charge is 0.417 e. The molecule has 0 aliphatic heterocycles. The Hall–Kier alpha value is -1.73. The van der Waals surface area contributed by atoms with E-state index in [1.807, 2.05) is 0 Å². The Labute approximate surface area is 145 Å². The highest BCUT2D eigenvalue weighted by Gasteiger charge is 2.42. The Morgan fingerprint density at radius 3 is 2.58 bits per heavy atom. The normalized spacial score (nSPS) is 23.3. The van der Waals surface area contributed by atoms with Crippen LogP contribution in [0.2, 0.25) is 5.02 Å². The molecule has 2 rings (SSSR count). The molecule has 2 unspecified atom stereocenters. The molecule has 0 saturated carbocycles. The van der Waals surface area contributed by atoms with Gasteiger partial charge in [-0.3, -0.25) is 9.59 Å². The third kappa shape index (κ3) is 3.67. The number of allylic oxidation sites excluding steroid dienone is 2. The van der Waals surface area contributed by atoms with Crippen molar-refractivity contribution >= 4 is 35.6 Å². The number of thioether (sulfide) groups is 1. The number of hydrogen-bond donors (Lipinski definition) is 1.